The van der Waals surface area contributed by atoms with E-state index in [4.69, 9.17) is 0 Å². The molecular weight excluding hydrogens is 399 g/mol. The van der Waals surface area contributed by atoms with E-state index in [1.165, 1.54) is 21.7 Å². The minimum Gasteiger partial charge on any atom is -0.329 e. The zero-order valence-electron chi connectivity index (χ0n) is 16.8. The third-order valence-electron chi connectivity index (χ3n) is 5.23. The van der Waals surface area contributed by atoms with Crippen molar-refractivity contribution in [1.29, 1.82) is 0 Å². The molecule has 1 saturated carbocycles. The molecule has 0 spiro atoms. The molecule has 7 nitrogen and oxygen atoms in total. The summed E-state index contributed by atoms with van der Waals surface area (Å²) >= 11 is 0. The normalized spacial score (nSPS) is 13.1. The van der Waals surface area contributed by atoms with Crippen molar-refractivity contribution in [2.75, 3.05) is 11.9 Å². The number of fused-ring (bicyclic) bond motifs is 1. The second-order valence-corrected chi connectivity index (χ2v) is 7.39. The van der Waals surface area contributed by atoms with Gasteiger partial charge >= 0.3 is 0 Å². The molecule has 158 valence electrons. The molecule has 0 aliphatic heterocycles. The summed E-state index contributed by atoms with van der Waals surface area (Å²) in [5.74, 6) is -1.34. The summed E-state index contributed by atoms with van der Waals surface area (Å²) in [4.78, 5) is 38.4. The fraction of sp³-hybridized carbons (Fsp3) is 0.217. The molecule has 0 bridgehead atoms. The average Bonchev–Trinajstić information content (AvgIpc) is 3.56. The van der Waals surface area contributed by atoms with Crippen LogP contribution in [0.4, 0.5) is 10.1 Å². The molecule has 1 heterocycles. The highest BCUT2D eigenvalue weighted by atomic mass is 19.1. The van der Waals surface area contributed by atoms with Gasteiger partial charge in [-0.2, -0.15) is 5.10 Å². The maximum absolute atomic E-state index is 14.4. The summed E-state index contributed by atoms with van der Waals surface area (Å²) in [7, 11) is 0. The number of nitrogens with one attached hydrogen (secondary N) is 1. The molecule has 1 aliphatic carbocycles. The highest BCUT2D eigenvalue weighted by molar-refractivity contribution is 5.97. The van der Waals surface area contributed by atoms with E-state index < -0.39 is 11.7 Å². The number of anilines is 1. The molecule has 8 heteroatoms. The van der Waals surface area contributed by atoms with Crippen molar-refractivity contribution >= 4 is 40.8 Å². The maximum atomic E-state index is 14.4. The fourth-order valence-electron chi connectivity index (χ4n) is 3.54. The fourth-order valence-corrected chi connectivity index (χ4v) is 3.54. The van der Waals surface area contributed by atoms with Gasteiger partial charge in [-0.3, -0.25) is 19.1 Å². The van der Waals surface area contributed by atoms with E-state index >= 15 is 0 Å². The first kappa shape index (κ1) is 20.5. The Hall–Kier alpha value is -3.81. The number of aldehydes is 1. The zero-order valence-corrected chi connectivity index (χ0v) is 16.8. The zero-order chi connectivity index (χ0) is 22.0. The lowest BCUT2D eigenvalue weighted by Gasteiger charge is -2.22. The van der Waals surface area contributed by atoms with Gasteiger partial charge in [0.2, 0.25) is 11.8 Å². The SMILES string of the molecule is C=Cc1cccc(NC(=O)CN(C(=O)Cn2nc(C=O)c3ccccc32)C2CC2)c1F. The van der Waals surface area contributed by atoms with E-state index in [-0.39, 0.29) is 42.0 Å². The maximum Gasteiger partial charge on any atom is 0.245 e. The second kappa shape index (κ2) is 8.51. The highest BCUT2D eigenvalue weighted by Gasteiger charge is 2.34. The van der Waals surface area contributed by atoms with E-state index in [9.17, 15) is 18.8 Å². The standard InChI is InChI=1S/C23H21FN4O3/c1-2-15-6-5-8-18(23(15)24)25-21(30)12-27(16-10-11-16)22(31)13-28-20-9-4-3-7-17(20)19(14-29)26-28/h2-9,14,16H,1,10-13H2,(H,25,30). The summed E-state index contributed by atoms with van der Waals surface area (Å²) in [6.07, 6.45) is 3.63. The monoisotopic (exact) mass is 420 g/mol. The molecule has 2 amide bonds. The second-order valence-electron chi connectivity index (χ2n) is 7.39. The first-order chi connectivity index (χ1) is 15.0. The quantitative estimate of drug-likeness (QED) is 0.567. The van der Waals surface area contributed by atoms with Gasteiger partial charge in [0.05, 0.1) is 11.2 Å². The Morgan fingerprint density at radius 1 is 1.23 bits per heavy atom. The Labute approximate surface area is 178 Å². The average molecular weight is 420 g/mol. The van der Waals surface area contributed by atoms with Crippen LogP contribution in [0.3, 0.4) is 0 Å². The van der Waals surface area contributed by atoms with Gasteiger partial charge in [0.1, 0.15) is 18.8 Å². The molecule has 0 atom stereocenters. The van der Waals surface area contributed by atoms with Crippen LogP contribution in [-0.4, -0.2) is 45.4 Å². The molecule has 1 N–H and O–H groups in total. The molecule has 1 aliphatic rings. The van der Waals surface area contributed by atoms with Gasteiger partial charge in [-0.25, -0.2) is 4.39 Å². The number of nitrogens with zero attached hydrogens (tertiary/aromatic N) is 3. The summed E-state index contributed by atoms with van der Waals surface area (Å²) in [6, 6.07) is 11.8. The largest absolute Gasteiger partial charge is 0.329 e. The first-order valence-corrected chi connectivity index (χ1v) is 9.92. The number of aromatic nitrogens is 2. The van der Waals surface area contributed by atoms with E-state index in [1.54, 1.807) is 36.4 Å². The lowest BCUT2D eigenvalue weighted by atomic mass is 10.2. The van der Waals surface area contributed by atoms with Gasteiger partial charge in [-0.1, -0.05) is 43.0 Å². The van der Waals surface area contributed by atoms with Crippen molar-refractivity contribution in [3.8, 4) is 0 Å². The number of hydrogen-bond acceptors (Lipinski definition) is 4. The van der Waals surface area contributed by atoms with Crippen molar-refractivity contribution in [2.24, 2.45) is 0 Å². The molecular formula is C23H21FN4O3. The van der Waals surface area contributed by atoms with Gasteiger partial charge in [-0.05, 0) is 25.0 Å². The van der Waals surface area contributed by atoms with E-state index in [0.29, 0.717) is 17.2 Å². The number of para-hydroxylation sites is 1. The number of halogens is 1. The van der Waals surface area contributed by atoms with E-state index in [0.717, 1.165) is 12.8 Å². The van der Waals surface area contributed by atoms with Crippen LogP contribution in [-0.2, 0) is 16.1 Å². The number of amides is 2. The smallest absolute Gasteiger partial charge is 0.245 e. The Kier molecular flexibility index (Phi) is 5.62. The van der Waals surface area contributed by atoms with Gasteiger partial charge in [-0.15, -0.1) is 0 Å². The molecule has 3 aromatic rings. The topological polar surface area (TPSA) is 84.3 Å². The van der Waals surface area contributed by atoms with Crippen LogP contribution in [0.1, 0.15) is 28.9 Å². The van der Waals surface area contributed by atoms with Crippen LogP contribution in [0.25, 0.3) is 17.0 Å². The van der Waals surface area contributed by atoms with Gasteiger partial charge in [0, 0.05) is 17.0 Å². The van der Waals surface area contributed by atoms with Crippen molar-refractivity contribution in [3.63, 3.8) is 0 Å². The number of rotatable bonds is 8. The van der Waals surface area contributed by atoms with Crippen LogP contribution in [0.2, 0.25) is 0 Å². The first-order valence-electron chi connectivity index (χ1n) is 9.92. The molecule has 4 rings (SSSR count). The highest BCUT2D eigenvalue weighted by Crippen LogP contribution is 2.28. The molecule has 0 saturated heterocycles. The summed E-state index contributed by atoms with van der Waals surface area (Å²) in [5, 5.41) is 7.43. The van der Waals surface area contributed by atoms with E-state index in [2.05, 4.69) is 17.0 Å². The lowest BCUT2D eigenvalue weighted by molar-refractivity contribution is -0.135. The van der Waals surface area contributed by atoms with Gasteiger partial charge in [0.15, 0.2) is 12.1 Å². The minimum atomic E-state index is -0.570. The van der Waals surface area contributed by atoms with Crippen molar-refractivity contribution in [3.05, 3.63) is 66.1 Å². The predicted octanol–water partition coefficient (Wildman–Crippen LogP) is 3.26. The van der Waals surface area contributed by atoms with Crippen molar-refractivity contribution < 1.29 is 18.8 Å². The molecule has 1 aromatic heterocycles. The minimum absolute atomic E-state index is 0.0324. The molecule has 1 fully saturated rings. The Bertz CT molecular complexity index is 1180. The van der Waals surface area contributed by atoms with Crippen molar-refractivity contribution in [1.82, 2.24) is 14.7 Å². The summed E-state index contributed by atoms with van der Waals surface area (Å²) in [5.41, 5.74) is 1.25. The number of carbonyl (C=O) groups excluding carboxylic acids is 3. The van der Waals surface area contributed by atoms with Gasteiger partial charge < -0.3 is 10.2 Å². The summed E-state index contributed by atoms with van der Waals surface area (Å²) < 4.78 is 15.8. The number of benzene rings is 2. The summed E-state index contributed by atoms with van der Waals surface area (Å²) in [6.45, 7) is 3.26. The lowest BCUT2D eigenvalue weighted by Crippen LogP contribution is -2.41. The van der Waals surface area contributed by atoms with Crippen molar-refractivity contribution in [2.45, 2.75) is 25.4 Å². The van der Waals surface area contributed by atoms with Crippen LogP contribution < -0.4 is 5.32 Å². The third kappa shape index (κ3) is 4.23. The number of carbonyl (C=O) groups is 3. The Morgan fingerprint density at radius 3 is 2.71 bits per heavy atom. The predicted molar refractivity (Wildman–Crippen MR) is 115 cm³/mol. The molecule has 31 heavy (non-hydrogen) atoms. The molecule has 0 unspecified atom stereocenters. The van der Waals surface area contributed by atoms with Crippen LogP contribution in [0.5, 0.6) is 0 Å². The third-order valence-corrected chi connectivity index (χ3v) is 5.23. The Balaban J connectivity index is 1.50. The molecule has 2 aromatic carbocycles. The van der Waals surface area contributed by atoms with Crippen LogP contribution in [0.15, 0.2) is 49.0 Å². The molecule has 0 radical (unpaired) electrons. The van der Waals surface area contributed by atoms with Crippen LogP contribution >= 0.6 is 0 Å². The van der Waals surface area contributed by atoms with E-state index in [1.807, 2.05) is 0 Å². The van der Waals surface area contributed by atoms with Gasteiger partial charge in [0.25, 0.3) is 0 Å². The Morgan fingerprint density at radius 2 is 2.00 bits per heavy atom. The van der Waals surface area contributed by atoms with Crippen LogP contribution in [0, 0.1) is 5.82 Å². The number of hydrogen-bond donors (Lipinski definition) is 1.